The van der Waals surface area contributed by atoms with Gasteiger partial charge >= 0.3 is 13.8 Å². The Hall–Kier alpha value is -0.730. The minimum absolute atomic E-state index is 0.169. The third-order valence-electron chi connectivity index (χ3n) is 3.11. The van der Waals surface area contributed by atoms with Crippen LogP contribution in [-0.4, -0.2) is 31.2 Å². The monoisotopic (exact) mass is 301 g/mol. The molecule has 1 aliphatic rings. The van der Waals surface area contributed by atoms with E-state index in [0.29, 0.717) is 24.7 Å². The zero-order chi connectivity index (χ0) is 15.1. The Morgan fingerprint density at radius 2 is 1.95 bits per heavy atom. The molecule has 0 spiro atoms. The van der Waals surface area contributed by atoms with Crippen LogP contribution in [0.25, 0.3) is 0 Å². The molecule has 0 aromatic rings. The van der Waals surface area contributed by atoms with Crippen LogP contribution in [-0.2, 0) is 18.8 Å². The van der Waals surface area contributed by atoms with Crippen molar-refractivity contribution in [2.45, 2.75) is 46.4 Å². The van der Waals surface area contributed by atoms with Crippen LogP contribution in [0.3, 0.4) is 0 Å². The van der Waals surface area contributed by atoms with Gasteiger partial charge in [0.2, 0.25) is 0 Å². The molecule has 1 saturated carbocycles. The average molecular weight is 301 g/mol. The molecule has 0 aromatic heterocycles. The fraction of sp³-hybridized carbons (Fsp3) is 0.800. The molecule has 4 nitrogen and oxygen atoms in total. The van der Waals surface area contributed by atoms with E-state index < -0.39 is 7.80 Å². The third-order valence-corrected chi connectivity index (χ3v) is 5.08. The van der Waals surface area contributed by atoms with Gasteiger partial charge in [0.05, 0.1) is 12.2 Å². The lowest BCUT2D eigenvalue weighted by atomic mass is 10.2. The van der Waals surface area contributed by atoms with Crippen molar-refractivity contribution in [2.24, 2.45) is 11.8 Å². The molecule has 1 aliphatic carbocycles. The summed E-state index contributed by atoms with van der Waals surface area (Å²) in [6.45, 7) is 8.53. The molecule has 0 bridgehead atoms. The van der Waals surface area contributed by atoms with E-state index in [-0.39, 0.29) is 23.9 Å². The number of rotatable bonds is 9. The van der Waals surface area contributed by atoms with Crippen molar-refractivity contribution in [3.63, 3.8) is 0 Å². The standard InChI is InChI=1S/C15H26O4P/c1-5-18-14(16)13(9-12-7-8-12)10-20(17)15(11(3)4)19-6-2/h9,11-12,15H,5-8,10H2,1-4H3/q+1. The number of hydrogen-bond acceptors (Lipinski definition) is 4. The molecule has 0 saturated heterocycles. The van der Waals surface area contributed by atoms with Crippen LogP contribution in [0.2, 0.25) is 0 Å². The van der Waals surface area contributed by atoms with Gasteiger partial charge in [0.1, 0.15) is 0 Å². The lowest BCUT2D eigenvalue weighted by Gasteiger charge is -2.11. The minimum atomic E-state index is -1.62. The SMILES string of the molecule is CCOC(=O)C(=CC1CC1)C[P+](=O)C(OCC)C(C)C. The van der Waals surface area contributed by atoms with Gasteiger partial charge in [0, 0.05) is 12.5 Å². The first-order chi connectivity index (χ1) is 9.49. The van der Waals surface area contributed by atoms with E-state index in [1.54, 1.807) is 6.92 Å². The summed E-state index contributed by atoms with van der Waals surface area (Å²) < 4.78 is 23.1. The number of ether oxygens (including phenoxy) is 2. The van der Waals surface area contributed by atoms with Crippen molar-refractivity contribution in [3.05, 3.63) is 11.6 Å². The number of carbonyl (C=O) groups excluding carboxylic acids is 1. The molecule has 0 aromatic carbocycles. The maximum atomic E-state index is 12.5. The van der Waals surface area contributed by atoms with E-state index in [9.17, 15) is 9.36 Å². The molecule has 0 radical (unpaired) electrons. The minimum Gasteiger partial charge on any atom is -0.463 e. The van der Waals surface area contributed by atoms with Crippen LogP contribution in [0.5, 0.6) is 0 Å². The molecule has 1 rings (SSSR count). The highest BCUT2D eigenvalue weighted by atomic mass is 31.1. The van der Waals surface area contributed by atoms with Gasteiger partial charge in [0.25, 0.3) is 5.85 Å². The average Bonchev–Trinajstić information content (AvgIpc) is 3.18. The molecule has 5 heteroatoms. The van der Waals surface area contributed by atoms with Crippen molar-refractivity contribution in [1.29, 1.82) is 0 Å². The van der Waals surface area contributed by atoms with Gasteiger partial charge in [-0.05, 0) is 32.6 Å². The number of hydrogen-bond donors (Lipinski definition) is 0. The Balaban J connectivity index is 2.72. The summed E-state index contributed by atoms with van der Waals surface area (Å²) in [5, 5.41) is 0. The predicted molar refractivity (Wildman–Crippen MR) is 80.2 cm³/mol. The Labute approximate surface area is 122 Å². The second-order valence-electron chi connectivity index (χ2n) is 5.41. The summed E-state index contributed by atoms with van der Waals surface area (Å²) in [5.41, 5.74) is 0.556. The van der Waals surface area contributed by atoms with Crippen LogP contribution in [0.15, 0.2) is 11.6 Å². The summed E-state index contributed by atoms with van der Waals surface area (Å²) in [6.07, 6.45) is 4.42. The molecular weight excluding hydrogens is 275 g/mol. The van der Waals surface area contributed by atoms with Crippen LogP contribution in [0, 0.1) is 11.8 Å². The topological polar surface area (TPSA) is 52.6 Å². The maximum absolute atomic E-state index is 12.5. The molecular formula is C15H26O4P+. The Kier molecular flexibility index (Phi) is 7.39. The zero-order valence-corrected chi connectivity index (χ0v) is 13.8. The molecule has 114 valence electrons. The molecule has 2 unspecified atom stereocenters. The van der Waals surface area contributed by atoms with E-state index >= 15 is 0 Å². The Morgan fingerprint density at radius 1 is 1.30 bits per heavy atom. The van der Waals surface area contributed by atoms with Crippen LogP contribution < -0.4 is 0 Å². The van der Waals surface area contributed by atoms with E-state index in [4.69, 9.17) is 9.47 Å². The highest BCUT2D eigenvalue weighted by Gasteiger charge is 2.37. The summed E-state index contributed by atoms with van der Waals surface area (Å²) in [7, 11) is -1.62. The van der Waals surface area contributed by atoms with Crippen molar-refractivity contribution < 1.29 is 18.8 Å². The van der Waals surface area contributed by atoms with Crippen molar-refractivity contribution in [2.75, 3.05) is 19.4 Å². The normalized spacial score (nSPS) is 18.1. The molecule has 0 heterocycles. The number of carbonyl (C=O) groups is 1. The first kappa shape index (κ1) is 17.3. The summed E-state index contributed by atoms with van der Waals surface area (Å²) in [4.78, 5) is 11.9. The molecule has 2 atom stereocenters. The number of esters is 1. The molecule has 0 amide bonds. The highest BCUT2D eigenvalue weighted by Crippen LogP contribution is 2.38. The van der Waals surface area contributed by atoms with Gasteiger partial charge < -0.3 is 9.47 Å². The van der Waals surface area contributed by atoms with E-state index in [1.807, 2.05) is 26.8 Å². The first-order valence-corrected chi connectivity index (χ1v) is 8.94. The zero-order valence-electron chi connectivity index (χ0n) is 12.9. The molecule has 0 N–H and O–H groups in total. The van der Waals surface area contributed by atoms with Gasteiger partial charge in [0.15, 0.2) is 6.16 Å². The van der Waals surface area contributed by atoms with E-state index in [2.05, 4.69) is 0 Å². The van der Waals surface area contributed by atoms with Gasteiger partial charge in [-0.1, -0.05) is 24.5 Å². The molecule has 20 heavy (non-hydrogen) atoms. The highest BCUT2D eigenvalue weighted by molar-refractivity contribution is 7.45. The summed E-state index contributed by atoms with van der Waals surface area (Å²) in [5.74, 6) is -0.000819. The lowest BCUT2D eigenvalue weighted by molar-refractivity contribution is -0.138. The molecule has 0 aliphatic heterocycles. The third kappa shape index (κ3) is 5.72. The second-order valence-corrected chi connectivity index (χ2v) is 7.07. The van der Waals surface area contributed by atoms with Gasteiger partial charge in [-0.15, -0.1) is 0 Å². The van der Waals surface area contributed by atoms with E-state index in [0.717, 1.165) is 12.8 Å². The van der Waals surface area contributed by atoms with Gasteiger partial charge in [-0.25, -0.2) is 4.79 Å². The largest absolute Gasteiger partial charge is 0.463 e. The molecule has 1 fully saturated rings. The Bertz CT molecular complexity index is 372. The van der Waals surface area contributed by atoms with Crippen molar-refractivity contribution in [1.82, 2.24) is 0 Å². The van der Waals surface area contributed by atoms with Gasteiger partial charge in [-0.2, -0.15) is 0 Å². The Morgan fingerprint density at radius 3 is 2.40 bits per heavy atom. The quantitative estimate of drug-likeness (QED) is 0.370. The maximum Gasteiger partial charge on any atom is 0.375 e. The fourth-order valence-electron chi connectivity index (χ4n) is 1.99. The first-order valence-electron chi connectivity index (χ1n) is 7.42. The summed E-state index contributed by atoms with van der Waals surface area (Å²) in [6, 6.07) is 0. The summed E-state index contributed by atoms with van der Waals surface area (Å²) >= 11 is 0. The smallest absolute Gasteiger partial charge is 0.375 e. The lowest BCUT2D eigenvalue weighted by Crippen LogP contribution is -2.18. The van der Waals surface area contributed by atoms with Crippen LogP contribution in [0.4, 0.5) is 0 Å². The van der Waals surface area contributed by atoms with Gasteiger partial charge in [-0.3, -0.25) is 0 Å². The van der Waals surface area contributed by atoms with E-state index in [1.165, 1.54) is 0 Å². The van der Waals surface area contributed by atoms with Crippen LogP contribution >= 0.6 is 7.80 Å². The fourth-order valence-corrected chi connectivity index (χ4v) is 3.72. The second kappa shape index (κ2) is 8.53. The predicted octanol–water partition coefficient (Wildman–Crippen LogP) is 3.73. The van der Waals surface area contributed by atoms with Crippen molar-refractivity contribution in [3.8, 4) is 0 Å². The van der Waals surface area contributed by atoms with Crippen molar-refractivity contribution >= 4 is 13.8 Å². The number of allylic oxidation sites excluding steroid dienone is 1. The van der Waals surface area contributed by atoms with Crippen LogP contribution in [0.1, 0.15) is 40.5 Å².